The maximum Gasteiger partial charge on any atom is 0.132 e. The Morgan fingerprint density at radius 1 is 1.03 bits per heavy atom. The van der Waals surface area contributed by atoms with Gasteiger partial charge in [-0.15, -0.1) is 0 Å². The van der Waals surface area contributed by atoms with E-state index in [1.54, 1.807) is 0 Å². The molecule has 0 saturated carbocycles. The van der Waals surface area contributed by atoms with E-state index >= 15 is 0 Å². The Labute approximate surface area is 171 Å². The second-order valence-corrected chi connectivity index (χ2v) is 8.37. The Morgan fingerprint density at radius 2 is 1.79 bits per heavy atom. The molecular weight excluding hydrogens is 368 g/mol. The normalized spacial score (nSPS) is 11.8. The minimum absolute atomic E-state index is 0.0344. The molecule has 29 heavy (non-hydrogen) atoms. The van der Waals surface area contributed by atoms with E-state index in [-0.39, 0.29) is 11.0 Å². The van der Waals surface area contributed by atoms with Crippen molar-refractivity contribution in [2.24, 2.45) is 11.1 Å². The van der Waals surface area contributed by atoms with Gasteiger partial charge in [0.25, 0.3) is 0 Å². The van der Waals surface area contributed by atoms with E-state index in [1.165, 1.54) is 6.07 Å². The van der Waals surface area contributed by atoms with Gasteiger partial charge in [-0.25, -0.2) is 13.8 Å². The van der Waals surface area contributed by atoms with Gasteiger partial charge in [0.05, 0.1) is 5.69 Å². The SMILES string of the molecule is CC(C)(CCCCN)Cc1nc(-c2cc(F)ccc2F)cn1Cc1ccccc1. The lowest BCUT2D eigenvalue weighted by atomic mass is 9.83. The van der Waals surface area contributed by atoms with Crippen LogP contribution >= 0.6 is 0 Å². The van der Waals surface area contributed by atoms with Crippen molar-refractivity contribution in [3.63, 3.8) is 0 Å². The highest BCUT2D eigenvalue weighted by molar-refractivity contribution is 5.59. The first-order chi connectivity index (χ1) is 13.9. The Morgan fingerprint density at radius 3 is 2.52 bits per heavy atom. The Hall–Kier alpha value is -2.53. The van der Waals surface area contributed by atoms with Gasteiger partial charge in [-0.1, -0.05) is 50.6 Å². The average Bonchev–Trinajstić information content (AvgIpc) is 3.06. The number of nitrogens with two attached hydrogens (primary N) is 1. The van der Waals surface area contributed by atoms with Gasteiger partial charge < -0.3 is 10.3 Å². The van der Waals surface area contributed by atoms with Crippen molar-refractivity contribution >= 4 is 0 Å². The molecule has 1 aromatic heterocycles. The Balaban J connectivity index is 1.94. The fourth-order valence-corrected chi connectivity index (χ4v) is 3.60. The summed E-state index contributed by atoms with van der Waals surface area (Å²) in [6.07, 6.45) is 5.68. The van der Waals surface area contributed by atoms with Crippen LogP contribution in [-0.2, 0) is 13.0 Å². The molecule has 0 aliphatic rings. The zero-order valence-electron chi connectivity index (χ0n) is 17.2. The standard InChI is InChI=1S/C24H29F2N3/c1-24(2,12-6-7-13-27)15-23-28-22(20-14-19(25)10-11-21(20)26)17-29(23)16-18-8-4-3-5-9-18/h3-5,8-11,14,17H,6-7,12-13,15-16,27H2,1-2H3. The Kier molecular flexibility index (Phi) is 6.80. The van der Waals surface area contributed by atoms with Gasteiger partial charge in [0, 0.05) is 24.7 Å². The number of unbranched alkanes of at least 4 members (excludes halogenated alkanes) is 1. The van der Waals surface area contributed by atoms with E-state index in [9.17, 15) is 8.78 Å². The summed E-state index contributed by atoms with van der Waals surface area (Å²) in [6, 6.07) is 13.6. The summed E-state index contributed by atoms with van der Waals surface area (Å²) in [5, 5.41) is 0. The first kappa shape index (κ1) is 21.2. The molecule has 3 rings (SSSR count). The molecule has 0 amide bonds. The summed E-state index contributed by atoms with van der Waals surface area (Å²) >= 11 is 0. The maximum atomic E-state index is 14.3. The number of aromatic nitrogens is 2. The van der Waals surface area contributed by atoms with Crippen LogP contribution in [0.5, 0.6) is 0 Å². The van der Waals surface area contributed by atoms with Crippen LogP contribution < -0.4 is 5.73 Å². The molecule has 0 radical (unpaired) electrons. The molecule has 3 aromatic rings. The summed E-state index contributed by atoms with van der Waals surface area (Å²) in [6.45, 7) is 5.77. The van der Waals surface area contributed by atoms with Crippen LogP contribution in [-0.4, -0.2) is 16.1 Å². The van der Waals surface area contributed by atoms with Crippen molar-refractivity contribution < 1.29 is 8.78 Å². The monoisotopic (exact) mass is 397 g/mol. The lowest BCUT2D eigenvalue weighted by Crippen LogP contribution is -2.19. The third-order valence-electron chi connectivity index (χ3n) is 5.20. The first-order valence-corrected chi connectivity index (χ1v) is 10.1. The molecule has 3 nitrogen and oxygen atoms in total. The number of imidazole rings is 1. The van der Waals surface area contributed by atoms with Crippen molar-refractivity contribution in [2.75, 3.05) is 6.54 Å². The van der Waals surface area contributed by atoms with Gasteiger partial charge in [-0.05, 0) is 48.6 Å². The summed E-state index contributed by atoms with van der Waals surface area (Å²) < 4.78 is 30.1. The third kappa shape index (κ3) is 5.73. The van der Waals surface area contributed by atoms with E-state index in [1.807, 2.05) is 24.4 Å². The van der Waals surface area contributed by atoms with Crippen LogP contribution in [0.3, 0.4) is 0 Å². The number of halogens is 2. The third-order valence-corrected chi connectivity index (χ3v) is 5.20. The lowest BCUT2D eigenvalue weighted by molar-refractivity contribution is 0.309. The molecule has 2 aromatic carbocycles. The second-order valence-electron chi connectivity index (χ2n) is 8.37. The number of benzene rings is 2. The van der Waals surface area contributed by atoms with Gasteiger partial charge in [0.2, 0.25) is 0 Å². The van der Waals surface area contributed by atoms with Crippen molar-refractivity contribution in [2.45, 2.75) is 46.1 Å². The molecule has 154 valence electrons. The zero-order chi connectivity index (χ0) is 20.9. The topological polar surface area (TPSA) is 43.8 Å². The van der Waals surface area contributed by atoms with E-state index in [0.29, 0.717) is 18.8 Å². The molecule has 0 fully saturated rings. The van der Waals surface area contributed by atoms with Crippen LogP contribution in [0.25, 0.3) is 11.3 Å². The minimum atomic E-state index is -0.470. The van der Waals surface area contributed by atoms with Crippen LogP contribution in [0.1, 0.15) is 44.5 Å². The van der Waals surface area contributed by atoms with Gasteiger partial charge in [-0.3, -0.25) is 0 Å². The highest BCUT2D eigenvalue weighted by atomic mass is 19.1. The van der Waals surface area contributed by atoms with E-state index in [0.717, 1.165) is 49.2 Å². The zero-order valence-corrected chi connectivity index (χ0v) is 17.2. The molecule has 0 saturated heterocycles. The van der Waals surface area contributed by atoms with Crippen LogP contribution in [0.15, 0.2) is 54.7 Å². The van der Waals surface area contributed by atoms with E-state index in [4.69, 9.17) is 10.7 Å². The van der Waals surface area contributed by atoms with Crippen molar-refractivity contribution in [3.05, 3.63) is 77.8 Å². The van der Waals surface area contributed by atoms with Crippen LogP contribution in [0.2, 0.25) is 0 Å². The van der Waals surface area contributed by atoms with Gasteiger partial charge >= 0.3 is 0 Å². The van der Waals surface area contributed by atoms with E-state index < -0.39 is 11.6 Å². The number of nitrogens with zero attached hydrogens (tertiary/aromatic N) is 2. The number of hydrogen-bond acceptors (Lipinski definition) is 2. The minimum Gasteiger partial charge on any atom is -0.330 e. The molecule has 5 heteroatoms. The molecule has 2 N–H and O–H groups in total. The molecule has 0 aliphatic heterocycles. The predicted molar refractivity (Wildman–Crippen MR) is 114 cm³/mol. The summed E-state index contributed by atoms with van der Waals surface area (Å²) in [7, 11) is 0. The predicted octanol–water partition coefficient (Wildman–Crippen LogP) is 5.57. The number of hydrogen-bond donors (Lipinski definition) is 1. The second kappa shape index (κ2) is 9.31. The number of rotatable bonds is 9. The average molecular weight is 398 g/mol. The fourth-order valence-electron chi connectivity index (χ4n) is 3.60. The molecule has 1 heterocycles. The van der Waals surface area contributed by atoms with Gasteiger partial charge in [0.1, 0.15) is 17.5 Å². The van der Waals surface area contributed by atoms with E-state index in [2.05, 4.69) is 30.5 Å². The smallest absolute Gasteiger partial charge is 0.132 e. The van der Waals surface area contributed by atoms with Crippen LogP contribution in [0, 0.1) is 17.0 Å². The summed E-state index contributed by atoms with van der Waals surface area (Å²) in [5.41, 5.74) is 7.46. The van der Waals surface area contributed by atoms with Crippen molar-refractivity contribution in [3.8, 4) is 11.3 Å². The quantitative estimate of drug-likeness (QED) is 0.480. The molecule has 0 aliphatic carbocycles. The molecule has 0 bridgehead atoms. The first-order valence-electron chi connectivity index (χ1n) is 10.1. The van der Waals surface area contributed by atoms with Crippen LogP contribution in [0.4, 0.5) is 8.78 Å². The molecular formula is C24H29F2N3. The molecule has 0 unspecified atom stereocenters. The van der Waals surface area contributed by atoms with Gasteiger partial charge in [0.15, 0.2) is 0 Å². The summed E-state index contributed by atoms with van der Waals surface area (Å²) in [5.74, 6) is -0.0579. The fraction of sp³-hybridized carbons (Fsp3) is 0.375. The highest BCUT2D eigenvalue weighted by Crippen LogP contribution is 2.30. The maximum absolute atomic E-state index is 14.3. The molecule has 0 atom stereocenters. The van der Waals surface area contributed by atoms with Crippen molar-refractivity contribution in [1.82, 2.24) is 9.55 Å². The largest absolute Gasteiger partial charge is 0.330 e. The molecule has 0 spiro atoms. The Bertz CT molecular complexity index is 933. The van der Waals surface area contributed by atoms with Gasteiger partial charge in [-0.2, -0.15) is 0 Å². The summed E-state index contributed by atoms with van der Waals surface area (Å²) in [4.78, 5) is 4.72. The lowest BCUT2D eigenvalue weighted by Gasteiger charge is -2.24. The van der Waals surface area contributed by atoms with Crippen molar-refractivity contribution in [1.29, 1.82) is 0 Å². The highest BCUT2D eigenvalue weighted by Gasteiger charge is 2.23.